The van der Waals surface area contributed by atoms with Crippen LogP contribution in [0, 0.1) is 5.92 Å². The molecule has 1 unspecified atom stereocenters. The van der Waals surface area contributed by atoms with Crippen molar-refractivity contribution in [2.75, 3.05) is 6.54 Å². The maximum atomic E-state index is 11.3. The zero-order valence-corrected chi connectivity index (χ0v) is 10.3. The Morgan fingerprint density at radius 2 is 1.94 bits per heavy atom. The van der Waals surface area contributed by atoms with Crippen molar-refractivity contribution in [3.8, 4) is 0 Å². The molecule has 0 spiro atoms. The molecule has 1 aromatic carbocycles. The first-order chi connectivity index (χ1) is 8.02. The number of aliphatic carboxylic acids is 1. The molecule has 17 heavy (non-hydrogen) atoms. The second kappa shape index (κ2) is 6.37. The van der Waals surface area contributed by atoms with Crippen molar-refractivity contribution in [1.29, 1.82) is 0 Å². The molecule has 0 aliphatic heterocycles. The molecule has 0 bridgehead atoms. The van der Waals surface area contributed by atoms with Gasteiger partial charge in [-0.3, -0.25) is 10.6 Å². The molecule has 0 saturated carbocycles. The van der Waals surface area contributed by atoms with Crippen LogP contribution in [0.15, 0.2) is 30.3 Å². The van der Waals surface area contributed by atoms with Gasteiger partial charge in [0, 0.05) is 6.54 Å². The molecular weight excluding hydrogens is 216 g/mol. The van der Waals surface area contributed by atoms with E-state index in [-0.39, 0.29) is 0 Å². The Labute approximate surface area is 102 Å². The summed E-state index contributed by atoms with van der Waals surface area (Å²) in [6.45, 7) is 4.75. The van der Waals surface area contributed by atoms with E-state index in [1.165, 1.54) is 5.01 Å². The van der Waals surface area contributed by atoms with Gasteiger partial charge in [-0.05, 0) is 17.9 Å². The summed E-state index contributed by atoms with van der Waals surface area (Å²) >= 11 is 0. The molecule has 0 aliphatic rings. The van der Waals surface area contributed by atoms with Crippen LogP contribution < -0.4 is 5.84 Å². The highest BCUT2D eigenvalue weighted by molar-refractivity contribution is 5.75. The molecule has 0 amide bonds. The van der Waals surface area contributed by atoms with Crippen LogP contribution in [0.25, 0.3) is 0 Å². The first kappa shape index (κ1) is 13.7. The number of hydrogen-bond donors (Lipinski definition) is 2. The molecule has 3 N–H and O–H groups in total. The van der Waals surface area contributed by atoms with Gasteiger partial charge in [-0.1, -0.05) is 44.2 Å². The van der Waals surface area contributed by atoms with E-state index in [0.717, 1.165) is 6.42 Å². The molecule has 0 fully saturated rings. The number of hydrazine groups is 1. The summed E-state index contributed by atoms with van der Waals surface area (Å²) in [5.41, 5.74) is 0.714. The van der Waals surface area contributed by atoms with Crippen LogP contribution >= 0.6 is 0 Å². The number of carboxylic acids is 1. The summed E-state index contributed by atoms with van der Waals surface area (Å²) in [4.78, 5) is 11.3. The number of benzene rings is 1. The van der Waals surface area contributed by atoms with Crippen LogP contribution in [0.1, 0.15) is 31.9 Å². The van der Waals surface area contributed by atoms with E-state index in [2.05, 4.69) is 13.8 Å². The number of carboxylic acid groups (broad SMARTS) is 1. The highest BCUT2D eigenvalue weighted by Gasteiger charge is 2.24. The van der Waals surface area contributed by atoms with Gasteiger partial charge in [0.05, 0.1) is 0 Å². The van der Waals surface area contributed by atoms with Crippen LogP contribution in [0.5, 0.6) is 0 Å². The lowest BCUT2D eigenvalue weighted by Gasteiger charge is -2.25. The van der Waals surface area contributed by atoms with E-state index in [1.807, 2.05) is 18.2 Å². The van der Waals surface area contributed by atoms with Gasteiger partial charge < -0.3 is 5.11 Å². The zero-order chi connectivity index (χ0) is 12.8. The van der Waals surface area contributed by atoms with Gasteiger partial charge in [0.15, 0.2) is 0 Å². The van der Waals surface area contributed by atoms with E-state index in [4.69, 9.17) is 5.84 Å². The molecule has 1 atom stereocenters. The molecule has 0 aromatic heterocycles. The van der Waals surface area contributed by atoms with Crippen LogP contribution in [0.2, 0.25) is 0 Å². The predicted molar refractivity (Wildman–Crippen MR) is 67.2 cm³/mol. The summed E-state index contributed by atoms with van der Waals surface area (Å²) in [6, 6.07) is 8.30. The Morgan fingerprint density at radius 3 is 2.41 bits per heavy atom. The lowest BCUT2D eigenvalue weighted by atomic mass is 10.1. The fraction of sp³-hybridized carbons (Fsp3) is 0.462. The highest BCUT2D eigenvalue weighted by Crippen LogP contribution is 2.18. The Balaban J connectivity index is 2.76. The number of nitrogens with two attached hydrogens (primary N) is 1. The number of rotatable bonds is 6. The lowest BCUT2D eigenvalue weighted by Crippen LogP contribution is -2.40. The normalized spacial score (nSPS) is 13.0. The number of nitrogens with zero attached hydrogens (tertiary/aromatic N) is 1. The van der Waals surface area contributed by atoms with Crippen molar-refractivity contribution in [2.24, 2.45) is 11.8 Å². The summed E-state index contributed by atoms with van der Waals surface area (Å²) in [5, 5.41) is 10.6. The predicted octanol–water partition coefficient (Wildman–Crippen LogP) is 2.03. The standard InChI is InChI=1S/C13H20N2O2/c1-10(2)8-9-15(14)12(13(16)17)11-6-4-3-5-7-11/h3-7,10,12H,8-9,14H2,1-2H3,(H,16,17). The fourth-order valence-electron chi connectivity index (χ4n) is 1.65. The van der Waals surface area contributed by atoms with Crippen molar-refractivity contribution in [3.05, 3.63) is 35.9 Å². The molecule has 0 aliphatic carbocycles. The minimum Gasteiger partial charge on any atom is -0.480 e. The fourth-order valence-corrected chi connectivity index (χ4v) is 1.65. The maximum absolute atomic E-state index is 11.3. The molecule has 94 valence electrons. The summed E-state index contributed by atoms with van der Waals surface area (Å²) < 4.78 is 0. The summed E-state index contributed by atoms with van der Waals surface area (Å²) in [7, 11) is 0. The van der Waals surface area contributed by atoms with Crippen LogP contribution in [-0.4, -0.2) is 22.6 Å². The molecule has 4 heteroatoms. The molecular formula is C13H20N2O2. The van der Waals surface area contributed by atoms with Crippen LogP contribution in [0.4, 0.5) is 0 Å². The maximum Gasteiger partial charge on any atom is 0.326 e. The van der Waals surface area contributed by atoms with Gasteiger partial charge in [0.1, 0.15) is 6.04 Å². The summed E-state index contributed by atoms with van der Waals surface area (Å²) in [5.74, 6) is 5.44. The minimum absolute atomic E-state index is 0.506. The Hall–Kier alpha value is -1.39. The second-order valence-electron chi connectivity index (χ2n) is 4.57. The van der Waals surface area contributed by atoms with Crippen molar-refractivity contribution >= 4 is 5.97 Å². The highest BCUT2D eigenvalue weighted by atomic mass is 16.4. The monoisotopic (exact) mass is 236 g/mol. The summed E-state index contributed by atoms with van der Waals surface area (Å²) in [6.07, 6.45) is 0.882. The van der Waals surface area contributed by atoms with Crippen molar-refractivity contribution in [2.45, 2.75) is 26.3 Å². The molecule has 1 aromatic rings. The van der Waals surface area contributed by atoms with E-state index in [0.29, 0.717) is 18.0 Å². The molecule has 0 heterocycles. The van der Waals surface area contributed by atoms with E-state index < -0.39 is 12.0 Å². The first-order valence-corrected chi connectivity index (χ1v) is 5.81. The Kier molecular flexibility index (Phi) is 5.12. The molecule has 4 nitrogen and oxygen atoms in total. The van der Waals surface area contributed by atoms with Crippen molar-refractivity contribution in [3.63, 3.8) is 0 Å². The first-order valence-electron chi connectivity index (χ1n) is 5.81. The minimum atomic E-state index is -0.914. The van der Waals surface area contributed by atoms with Crippen molar-refractivity contribution < 1.29 is 9.90 Å². The number of carbonyl (C=O) groups is 1. The number of hydrogen-bond acceptors (Lipinski definition) is 3. The van der Waals surface area contributed by atoms with Gasteiger partial charge in [-0.15, -0.1) is 0 Å². The van der Waals surface area contributed by atoms with Crippen molar-refractivity contribution in [1.82, 2.24) is 5.01 Å². The average Bonchev–Trinajstić information content (AvgIpc) is 2.27. The molecule has 1 rings (SSSR count). The third kappa shape index (κ3) is 4.17. The van der Waals surface area contributed by atoms with Gasteiger partial charge in [0.2, 0.25) is 0 Å². The third-order valence-corrected chi connectivity index (χ3v) is 2.65. The van der Waals surface area contributed by atoms with E-state index in [9.17, 15) is 9.90 Å². The molecule has 0 saturated heterocycles. The van der Waals surface area contributed by atoms with Gasteiger partial charge in [-0.25, -0.2) is 5.01 Å². The Bertz CT molecular complexity index is 352. The Morgan fingerprint density at radius 1 is 1.35 bits per heavy atom. The van der Waals surface area contributed by atoms with E-state index >= 15 is 0 Å². The van der Waals surface area contributed by atoms with Gasteiger partial charge >= 0.3 is 5.97 Å². The van der Waals surface area contributed by atoms with Crippen LogP contribution in [0.3, 0.4) is 0 Å². The third-order valence-electron chi connectivity index (χ3n) is 2.65. The average molecular weight is 236 g/mol. The quantitative estimate of drug-likeness (QED) is 0.586. The van der Waals surface area contributed by atoms with E-state index in [1.54, 1.807) is 12.1 Å². The lowest BCUT2D eigenvalue weighted by molar-refractivity contribution is -0.143. The largest absolute Gasteiger partial charge is 0.480 e. The smallest absolute Gasteiger partial charge is 0.326 e. The second-order valence-corrected chi connectivity index (χ2v) is 4.57. The van der Waals surface area contributed by atoms with Gasteiger partial charge in [0.25, 0.3) is 0 Å². The molecule has 0 radical (unpaired) electrons. The zero-order valence-electron chi connectivity index (χ0n) is 10.3. The topological polar surface area (TPSA) is 66.6 Å². The van der Waals surface area contributed by atoms with Crippen LogP contribution in [-0.2, 0) is 4.79 Å². The SMILES string of the molecule is CC(C)CCN(N)C(C(=O)O)c1ccccc1. The van der Waals surface area contributed by atoms with Gasteiger partial charge in [-0.2, -0.15) is 0 Å².